The van der Waals surface area contributed by atoms with Crippen LogP contribution in [0.2, 0.25) is 0 Å². The molecule has 2 aromatic rings. The molecule has 0 aliphatic heterocycles. The lowest BCUT2D eigenvalue weighted by molar-refractivity contribution is 0.667. The largest absolute Gasteiger partial charge is 0.154 e. The van der Waals surface area contributed by atoms with E-state index < -0.39 is 0 Å². The van der Waals surface area contributed by atoms with Gasteiger partial charge in [-0.25, -0.2) is 0 Å². The van der Waals surface area contributed by atoms with Crippen LogP contribution in [0.3, 0.4) is 0 Å². The van der Waals surface area contributed by atoms with Crippen LogP contribution in [0.25, 0.3) is 0 Å². The molecule has 0 bridgehead atoms. The second kappa shape index (κ2) is 10.6. The molecule has 0 unspecified atom stereocenters. The summed E-state index contributed by atoms with van der Waals surface area (Å²) in [7, 11) is 0. The second-order valence-corrected chi connectivity index (χ2v) is 6.27. The molecule has 1 heterocycles. The van der Waals surface area contributed by atoms with E-state index in [-0.39, 0.29) is 0 Å². The van der Waals surface area contributed by atoms with E-state index in [0.29, 0.717) is 0 Å². The number of hydrogen-bond acceptors (Lipinski definition) is 2. The minimum absolute atomic E-state index is 0.735. The topological polar surface area (TPSA) is 25.8 Å². The summed E-state index contributed by atoms with van der Waals surface area (Å²) in [6.07, 6.45) is 9.72. The molecule has 0 amide bonds. The van der Waals surface area contributed by atoms with Gasteiger partial charge in [0, 0.05) is 5.56 Å². The predicted molar refractivity (Wildman–Crippen MR) is 101 cm³/mol. The average Bonchev–Trinajstić information content (AvgIpc) is 2.64. The standard InChI is InChI=1S/C22H28N2/c1-3-5-7-8-9-19-11-13-20(14-12-19)15-16-22-18-17-21(23-24-22)10-6-4-2/h11-14,17-18H,3-10H2,1-2H3. The van der Waals surface area contributed by atoms with Gasteiger partial charge >= 0.3 is 0 Å². The van der Waals surface area contributed by atoms with Crippen molar-refractivity contribution in [2.75, 3.05) is 0 Å². The maximum atomic E-state index is 4.24. The Morgan fingerprint density at radius 2 is 1.50 bits per heavy atom. The van der Waals surface area contributed by atoms with E-state index in [0.717, 1.165) is 29.8 Å². The molecular weight excluding hydrogens is 292 g/mol. The Labute approximate surface area is 146 Å². The normalized spacial score (nSPS) is 10.2. The summed E-state index contributed by atoms with van der Waals surface area (Å²) >= 11 is 0. The number of aromatic nitrogens is 2. The van der Waals surface area contributed by atoms with Crippen molar-refractivity contribution in [2.45, 2.75) is 65.2 Å². The highest BCUT2D eigenvalue weighted by Gasteiger charge is 1.96. The molecule has 0 atom stereocenters. The Hall–Kier alpha value is -2.14. The number of benzene rings is 1. The van der Waals surface area contributed by atoms with Crippen molar-refractivity contribution >= 4 is 0 Å². The smallest absolute Gasteiger partial charge is 0.136 e. The number of unbranched alkanes of at least 4 members (excludes halogenated alkanes) is 4. The first kappa shape index (κ1) is 18.2. The van der Waals surface area contributed by atoms with Gasteiger partial charge in [0.25, 0.3) is 0 Å². The van der Waals surface area contributed by atoms with Crippen molar-refractivity contribution < 1.29 is 0 Å². The van der Waals surface area contributed by atoms with Crippen LogP contribution in [0.5, 0.6) is 0 Å². The van der Waals surface area contributed by atoms with Crippen molar-refractivity contribution in [3.63, 3.8) is 0 Å². The Morgan fingerprint density at radius 1 is 0.708 bits per heavy atom. The summed E-state index contributed by atoms with van der Waals surface area (Å²) in [4.78, 5) is 0. The molecule has 0 saturated carbocycles. The molecule has 0 saturated heterocycles. The molecule has 0 N–H and O–H groups in total. The van der Waals surface area contributed by atoms with E-state index in [4.69, 9.17) is 0 Å². The SMILES string of the molecule is CCCCCCc1ccc(C#Cc2ccc(CCCC)nn2)cc1. The monoisotopic (exact) mass is 320 g/mol. The highest BCUT2D eigenvalue weighted by molar-refractivity contribution is 5.40. The van der Waals surface area contributed by atoms with Crippen LogP contribution in [0.1, 0.15) is 74.9 Å². The van der Waals surface area contributed by atoms with E-state index in [9.17, 15) is 0 Å². The molecule has 24 heavy (non-hydrogen) atoms. The minimum Gasteiger partial charge on any atom is -0.154 e. The average molecular weight is 320 g/mol. The van der Waals surface area contributed by atoms with Crippen LogP contribution in [-0.4, -0.2) is 10.2 Å². The summed E-state index contributed by atoms with van der Waals surface area (Å²) in [5.41, 5.74) is 4.22. The van der Waals surface area contributed by atoms with Gasteiger partial charge in [-0.3, -0.25) is 0 Å². The van der Waals surface area contributed by atoms with Crippen LogP contribution >= 0.6 is 0 Å². The second-order valence-electron chi connectivity index (χ2n) is 6.27. The van der Waals surface area contributed by atoms with Crippen LogP contribution in [-0.2, 0) is 12.8 Å². The fraction of sp³-hybridized carbons (Fsp3) is 0.455. The zero-order valence-corrected chi connectivity index (χ0v) is 15.0. The molecule has 1 aromatic heterocycles. The van der Waals surface area contributed by atoms with E-state index in [1.165, 1.54) is 44.1 Å². The first-order valence-corrected chi connectivity index (χ1v) is 9.25. The van der Waals surface area contributed by atoms with Gasteiger partial charge in [-0.15, -0.1) is 5.10 Å². The molecule has 0 aliphatic rings. The van der Waals surface area contributed by atoms with E-state index in [1.54, 1.807) is 0 Å². The highest BCUT2D eigenvalue weighted by atomic mass is 15.1. The van der Waals surface area contributed by atoms with Gasteiger partial charge in [0.2, 0.25) is 0 Å². The highest BCUT2D eigenvalue weighted by Crippen LogP contribution is 2.09. The van der Waals surface area contributed by atoms with E-state index in [1.807, 2.05) is 12.1 Å². The first-order valence-electron chi connectivity index (χ1n) is 9.25. The van der Waals surface area contributed by atoms with Crippen LogP contribution < -0.4 is 0 Å². The lowest BCUT2D eigenvalue weighted by atomic mass is 10.0. The van der Waals surface area contributed by atoms with Crippen molar-refractivity contribution in [3.05, 3.63) is 58.9 Å². The maximum absolute atomic E-state index is 4.24. The molecule has 0 aliphatic carbocycles. The Balaban J connectivity index is 1.88. The van der Waals surface area contributed by atoms with Crippen LogP contribution in [0.15, 0.2) is 36.4 Å². The van der Waals surface area contributed by atoms with Crippen molar-refractivity contribution in [2.24, 2.45) is 0 Å². The number of nitrogens with zero attached hydrogens (tertiary/aromatic N) is 2. The Kier molecular flexibility index (Phi) is 8.04. The predicted octanol–water partition coefficient (Wildman–Crippen LogP) is 5.34. The van der Waals surface area contributed by atoms with Gasteiger partial charge in [0.15, 0.2) is 0 Å². The van der Waals surface area contributed by atoms with Gasteiger partial charge in [-0.05, 0) is 61.4 Å². The number of hydrogen-bond donors (Lipinski definition) is 0. The summed E-state index contributed by atoms with van der Waals surface area (Å²) < 4.78 is 0. The van der Waals surface area contributed by atoms with Crippen molar-refractivity contribution in [3.8, 4) is 11.8 Å². The van der Waals surface area contributed by atoms with Gasteiger partial charge in [-0.1, -0.05) is 57.6 Å². The minimum atomic E-state index is 0.735. The third-order valence-corrected chi connectivity index (χ3v) is 4.11. The molecule has 1 aromatic carbocycles. The van der Waals surface area contributed by atoms with Gasteiger partial charge in [0.05, 0.1) is 5.69 Å². The van der Waals surface area contributed by atoms with E-state index >= 15 is 0 Å². The first-order chi connectivity index (χ1) is 11.8. The third-order valence-electron chi connectivity index (χ3n) is 4.11. The molecule has 2 heteroatoms. The van der Waals surface area contributed by atoms with Crippen LogP contribution in [0, 0.1) is 11.8 Å². The third kappa shape index (κ3) is 6.54. The molecule has 0 radical (unpaired) electrons. The van der Waals surface area contributed by atoms with E-state index in [2.05, 4.69) is 60.2 Å². The molecule has 0 spiro atoms. The van der Waals surface area contributed by atoms with Gasteiger partial charge in [0.1, 0.15) is 5.69 Å². The summed E-state index contributed by atoms with van der Waals surface area (Å²) in [6.45, 7) is 4.43. The molecular formula is C22H28N2. The Bertz CT molecular complexity index is 645. The lowest BCUT2D eigenvalue weighted by Crippen LogP contribution is -1.94. The van der Waals surface area contributed by atoms with Crippen molar-refractivity contribution in [1.82, 2.24) is 10.2 Å². The van der Waals surface area contributed by atoms with Crippen molar-refractivity contribution in [1.29, 1.82) is 0 Å². The molecule has 2 nitrogen and oxygen atoms in total. The molecule has 0 fully saturated rings. The number of aryl methyl sites for hydroxylation is 2. The lowest BCUT2D eigenvalue weighted by Gasteiger charge is -2.01. The fourth-order valence-corrected chi connectivity index (χ4v) is 2.56. The van der Waals surface area contributed by atoms with Gasteiger partial charge in [-0.2, -0.15) is 5.10 Å². The summed E-state index contributed by atoms with van der Waals surface area (Å²) in [6, 6.07) is 12.6. The summed E-state index contributed by atoms with van der Waals surface area (Å²) in [5, 5.41) is 8.44. The zero-order valence-electron chi connectivity index (χ0n) is 15.0. The van der Waals surface area contributed by atoms with Gasteiger partial charge < -0.3 is 0 Å². The Morgan fingerprint density at radius 3 is 2.17 bits per heavy atom. The molecule has 2 rings (SSSR count). The maximum Gasteiger partial charge on any atom is 0.136 e. The summed E-state index contributed by atoms with van der Waals surface area (Å²) in [5.74, 6) is 6.27. The quantitative estimate of drug-likeness (QED) is 0.484. The molecule has 126 valence electrons. The van der Waals surface area contributed by atoms with Crippen LogP contribution in [0.4, 0.5) is 0 Å². The number of rotatable bonds is 8. The fourth-order valence-electron chi connectivity index (χ4n) is 2.56. The zero-order chi connectivity index (χ0) is 17.0.